The maximum Gasteiger partial charge on any atom is 0.294 e. The van der Waals surface area contributed by atoms with Gasteiger partial charge in [0.05, 0.1) is 30.5 Å². The molecule has 38 heavy (non-hydrogen) atoms. The Labute approximate surface area is 219 Å². The predicted octanol–water partition coefficient (Wildman–Crippen LogP) is 5.10. The highest BCUT2D eigenvalue weighted by molar-refractivity contribution is 6.15. The van der Waals surface area contributed by atoms with Crippen LogP contribution in [0.3, 0.4) is 0 Å². The SMILES string of the molecule is CCOC1=C(C(=O)N[C@H](C)c2cccc(-c3ccc(NC(C)=O)cc3)c2)CN(c2ccc(F)cc2F)C1=O. The van der Waals surface area contributed by atoms with E-state index in [0.717, 1.165) is 33.7 Å². The van der Waals surface area contributed by atoms with Crippen molar-refractivity contribution in [3.05, 3.63) is 95.3 Å². The molecule has 0 aliphatic carbocycles. The van der Waals surface area contributed by atoms with Gasteiger partial charge in [0.1, 0.15) is 11.6 Å². The molecule has 1 heterocycles. The van der Waals surface area contributed by atoms with Crippen molar-refractivity contribution < 1.29 is 27.9 Å². The van der Waals surface area contributed by atoms with Crippen LogP contribution in [0.1, 0.15) is 32.4 Å². The molecular weight excluding hydrogens is 492 g/mol. The minimum atomic E-state index is -0.911. The smallest absolute Gasteiger partial charge is 0.294 e. The van der Waals surface area contributed by atoms with Gasteiger partial charge in [0.25, 0.3) is 11.8 Å². The highest BCUT2D eigenvalue weighted by Crippen LogP contribution is 2.30. The largest absolute Gasteiger partial charge is 0.488 e. The van der Waals surface area contributed by atoms with E-state index < -0.39 is 29.5 Å². The first kappa shape index (κ1) is 26.5. The van der Waals surface area contributed by atoms with E-state index in [1.807, 2.05) is 55.5 Å². The van der Waals surface area contributed by atoms with Gasteiger partial charge in [-0.15, -0.1) is 0 Å². The van der Waals surface area contributed by atoms with E-state index >= 15 is 0 Å². The molecule has 4 rings (SSSR count). The number of carbonyl (C=O) groups excluding carboxylic acids is 3. The number of hydrogen-bond donors (Lipinski definition) is 2. The van der Waals surface area contributed by atoms with Crippen molar-refractivity contribution in [2.75, 3.05) is 23.4 Å². The van der Waals surface area contributed by atoms with E-state index in [4.69, 9.17) is 4.74 Å². The standard InChI is InChI=1S/C29H27F2N3O4/c1-4-38-27-24(16-34(29(27)37)26-13-10-22(30)15-25(26)31)28(36)32-17(2)20-6-5-7-21(14-20)19-8-11-23(12-9-19)33-18(3)35/h5-15,17H,4,16H2,1-3H3,(H,32,36)(H,33,35)/t17-/m1/s1. The molecule has 7 nitrogen and oxygen atoms in total. The summed E-state index contributed by atoms with van der Waals surface area (Å²) in [6, 6.07) is 17.5. The number of rotatable bonds is 8. The fourth-order valence-corrected chi connectivity index (χ4v) is 4.22. The maximum absolute atomic E-state index is 14.4. The molecule has 0 unspecified atom stereocenters. The van der Waals surface area contributed by atoms with Gasteiger partial charge in [-0.1, -0.05) is 30.3 Å². The molecular formula is C29H27F2N3O4. The zero-order chi connectivity index (χ0) is 27.4. The lowest BCUT2D eigenvalue weighted by Gasteiger charge is -2.18. The van der Waals surface area contributed by atoms with Crippen LogP contribution in [0.25, 0.3) is 11.1 Å². The minimum absolute atomic E-state index is 0.0668. The van der Waals surface area contributed by atoms with Crippen molar-refractivity contribution in [1.82, 2.24) is 5.32 Å². The van der Waals surface area contributed by atoms with Crippen LogP contribution < -0.4 is 15.5 Å². The molecule has 2 N–H and O–H groups in total. The Hall–Kier alpha value is -4.53. The molecule has 3 amide bonds. The molecule has 1 aliphatic rings. The van der Waals surface area contributed by atoms with Gasteiger partial charge in [-0.3, -0.25) is 19.3 Å². The average molecular weight is 520 g/mol. The molecule has 0 fully saturated rings. The van der Waals surface area contributed by atoms with Crippen LogP contribution in [0.2, 0.25) is 0 Å². The van der Waals surface area contributed by atoms with Crippen molar-refractivity contribution in [3.63, 3.8) is 0 Å². The lowest BCUT2D eigenvalue weighted by molar-refractivity contribution is -0.120. The number of halogens is 2. The van der Waals surface area contributed by atoms with Gasteiger partial charge < -0.3 is 15.4 Å². The number of amides is 3. The van der Waals surface area contributed by atoms with Crippen molar-refractivity contribution in [2.24, 2.45) is 0 Å². The topological polar surface area (TPSA) is 87.7 Å². The summed E-state index contributed by atoms with van der Waals surface area (Å²) in [6.45, 7) is 4.85. The zero-order valence-electron chi connectivity index (χ0n) is 21.2. The van der Waals surface area contributed by atoms with E-state index in [-0.39, 0.29) is 36.1 Å². The van der Waals surface area contributed by atoms with Gasteiger partial charge in [-0.05, 0) is 60.9 Å². The Kier molecular flexibility index (Phi) is 7.85. The third-order valence-electron chi connectivity index (χ3n) is 6.07. The number of benzene rings is 3. The van der Waals surface area contributed by atoms with Crippen LogP contribution in [-0.2, 0) is 19.1 Å². The summed E-state index contributed by atoms with van der Waals surface area (Å²) in [4.78, 5) is 38.5. The Bertz CT molecular complexity index is 1420. The summed E-state index contributed by atoms with van der Waals surface area (Å²) >= 11 is 0. The first-order valence-electron chi connectivity index (χ1n) is 12.1. The van der Waals surface area contributed by atoms with Gasteiger partial charge in [0.2, 0.25) is 5.91 Å². The molecule has 1 aliphatic heterocycles. The highest BCUT2D eigenvalue weighted by Gasteiger charge is 2.37. The van der Waals surface area contributed by atoms with E-state index in [0.29, 0.717) is 11.8 Å². The highest BCUT2D eigenvalue weighted by atomic mass is 19.1. The lowest BCUT2D eigenvalue weighted by Crippen LogP contribution is -2.32. The summed E-state index contributed by atoms with van der Waals surface area (Å²) < 4.78 is 33.2. The van der Waals surface area contributed by atoms with Crippen LogP contribution in [0.15, 0.2) is 78.1 Å². The molecule has 0 radical (unpaired) electrons. The molecule has 0 saturated heterocycles. The van der Waals surface area contributed by atoms with Crippen LogP contribution in [0.5, 0.6) is 0 Å². The summed E-state index contributed by atoms with van der Waals surface area (Å²) in [5, 5.41) is 5.63. The van der Waals surface area contributed by atoms with Gasteiger partial charge in [-0.25, -0.2) is 8.78 Å². The Morgan fingerprint density at radius 1 is 1.03 bits per heavy atom. The summed E-state index contributed by atoms with van der Waals surface area (Å²) in [7, 11) is 0. The van der Waals surface area contributed by atoms with Gasteiger partial charge in [-0.2, -0.15) is 0 Å². The van der Waals surface area contributed by atoms with Crippen LogP contribution in [-0.4, -0.2) is 30.9 Å². The predicted molar refractivity (Wildman–Crippen MR) is 140 cm³/mol. The van der Waals surface area contributed by atoms with E-state index in [2.05, 4.69) is 10.6 Å². The number of anilines is 2. The molecule has 9 heteroatoms. The van der Waals surface area contributed by atoms with E-state index in [1.165, 1.54) is 6.92 Å². The summed E-state index contributed by atoms with van der Waals surface area (Å²) in [6.07, 6.45) is 0. The first-order chi connectivity index (χ1) is 18.2. The van der Waals surface area contributed by atoms with Crippen molar-refractivity contribution in [3.8, 4) is 11.1 Å². The van der Waals surface area contributed by atoms with Crippen molar-refractivity contribution in [2.45, 2.75) is 26.8 Å². The number of hydrogen-bond acceptors (Lipinski definition) is 4. The third kappa shape index (κ3) is 5.72. The van der Waals surface area contributed by atoms with Crippen molar-refractivity contribution in [1.29, 1.82) is 0 Å². The number of ether oxygens (including phenoxy) is 1. The fraction of sp³-hybridized carbons (Fsp3) is 0.207. The third-order valence-corrected chi connectivity index (χ3v) is 6.07. The van der Waals surface area contributed by atoms with Gasteiger partial charge in [0.15, 0.2) is 5.76 Å². The maximum atomic E-state index is 14.4. The molecule has 1 atom stereocenters. The van der Waals surface area contributed by atoms with Crippen molar-refractivity contribution >= 4 is 29.1 Å². The molecule has 3 aromatic rings. The molecule has 0 spiro atoms. The molecule has 0 saturated carbocycles. The quantitative estimate of drug-likeness (QED) is 0.433. The van der Waals surface area contributed by atoms with E-state index in [1.54, 1.807) is 6.92 Å². The molecule has 0 aromatic heterocycles. The summed E-state index contributed by atoms with van der Waals surface area (Å²) in [5.41, 5.74) is 3.29. The number of carbonyl (C=O) groups is 3. The second-order valence-electron chi connectivity index (χ2n) is 8.81. The van der Waals surface area contributed by atoms with Crippen LogP contribution >= 0.6 is 0 Å². The zero-order valence-corrected chi connectivity index (χ0v) is 21.2. The molecule has 196 valence electrons. The minimum Gasteiger partial charge on any atom is -0.488 e. The molecule has 3 aromatic carbocycles. The lowest BCUT2D eigenvalue weighted by atomic mass is 9.99. The van der Waals surface area contributed by atoms with Crippen LogP contribution in [0.4, 0.5) is 20.2 Å². The second-order valence-corrected chi connectivity index (χ2v) is 8.81. The first-order valence-corrected chi connectivity index (χ1v) is 12.1. The molecule has 0 bridgehead atoms. The van der Waals surface area contributed by atoms with E-state index in [9.17, 15) is 23.2 Å². The number of nitrogens with one attached hydrogen (secondary N) is 2. The summed E-state index contributed by atoms with van der Waals surface area (Å²) in [5.74, 6) is -3.18. The Morgan fingerprint density at radius 3 is 2.42 bits per heavy atom. The van der Waals surface area contributed by atoms with Crippen LogP contribution in [0, 0.1) is 11.6 Å². The Morgan fingerprint density at radius 2 is 1.76 bits per heavy atom. The fourth-order valence-electron chi connectivity index (χ4n) is 4.22. The second kappa shape index (κ2) is 11.2. The van der Waals surface area contributed by atoms with Gasteiger partial charge in [0, 0.05) is 18.7 Å². The Balaban J connectivity index is 1.52. The van der Waals surface area contributed by atoms with Gasteiger partial charge >= 0.3 is 0 Å². The normalized spacial score (nSPS) is 13.9. The number of nitrogens with zero attached hydrogens (tertiary/aromatic N) is 1. The monoisotopic (exact) mass is 519 g/mol. The average Bonchev–Trinajstić information content (AvgIpc) is 3.20.